The van der Waals surface area contributed by atoms with Crippen LogP contribution >= 0.6 is 11.6 Å². The largest absolute Gasteiger partial charge is 0.454 e. The van der Waals surface area contributed by atoms with Gasteiger partial charge in [0.25, 0.3) is 5.91 Å². The Labute approximate surface area is 162 Å². The number of benzene rings is 2. The lowest BCUT2D eigenvalue weighted by Gasteiger charge is -2.14. The quantitative estimate of drug-likeness (QED) is 0.660. The third kappa shape index (κ3) is 6.63. The van der Waals surface area contributed by atoms with Gasteiger partial charge in [-0.1, -0.05) is 29.8 Å². The van der Waals surface area contributed by atoms with Gasteiger partial charge in [-0.15, -0.1) is 0 Å². The molecule has 8 heteroatoms. The maximum absolute atomic E-state index is 11.9. The van der Waals surface area contributed by atoms with Gasteiger partial charge in [-0.25, -0.2) is 9.59 Å². The second-order valence-electron chi connectivity index (χ2n) is 5.80. The first-order valence-corrected chi connectivity index (χ1v) is 8.58. The molecule has 0 saturated heterocycles. The summed E-state index contributed by atoms with van der Waals surface area (Å²) in [5, 5.41) is 8.23. The Bertz CT molecular complexity index is 827. The van der Waals surface area contributed by atoms with Crippen LogP contribution in [0.4, 0.5) is 16.2 Å². The molecule has 2 rings (SSSR count). The van der Waals surface area contributed by atoms with Crippen molar-refractivity contribution in [2.24, 2.45) is 0 Å². The van der Waals surface area contributed by atoms with Gasteiger partial charge >= 0.3 is 12.0 Å². The van der Waals surface area contributed by atoms with E-state index in [2.05, 4.69) is 16.0 Å². The van der Waals surface area contributed by atoms with Crippen LogP contribution in [0.1, 0.15) is 12.5 Å². The number of amides is 3. The lowest BCUT2D eigenvalue weighted by Crippen LogP contribution is -2.42. The highest BCUT2D eigenvalue weighted by atomic mass is 35.5. The Balaban J connectivity index is 1.76. The number of nitrogens with one attached hydrogen (secondary N) is 3. The maximum Gasteiger partial charge on any atom is 0.328 e. The molecule has 0 heterocycles. The minimum atomic E-state index is -0.918. The van der Waals surface area contributed by atoms with Gasteiger partial charge in [-0.05, 0) is 49.7 Å². The highest BCUT2D eigenvalue weighted by molar-refractivity contribution is 6.30. The molecule has 2 aromatic rings. The van der Waals surface area contributed by atoms with Crippen molar-refractivity contribution in [3.63, 3.8) is 0 Å². The number of hydrogen-bond acceptors (Lipinski definition) is 4. The van der Waals surface area contributed by atoms with E-state index in [0.717, 1.165) is 5.56 Å². The molecular formula is C19H20ClN3O4. The summed E-state index contributed by atoms with van der Waals surface area (Å²) in [5.74, 6) is -1.21. The first-order valence-electron chi connectivity index (χ1n) is 8.20. The van der Waals surface area contributed by atoms with Gasteiger partial charge in [0.15, 0.2) is 6.61 Å². The summed E-state index contributed by atoms with van der Waals surface area (Å²) in [5.41, 5.74) is 1.96. The second-order valence-corrected chi connectivity index (χ2v) is 6.24. The van der Waals surface area contributed by atoms with Crippen LogP contribution in [0.5, 0.6) is 0 Å². The zero-order valence-corrected chi connectivity index (χ0v) is 15.7. The Morgan fingerprint density at radius 1 is 1.07 bits per heavy atom. The van der Waals surface area contributed by atoms with Crippen molar-refractivity contribution in [3.8, 4) is 0 Å². The second kappa shape index (κ2) is 9.59. The first kappa shape index (κ1) is 20.3. The van der Waals surface area contributed by atoms with Crippen molar-refractivity contribution in [1.82, 2.24) is 5.32 Å². The molecule has 142 valence electrons. The number of hydrogen-bond donors (Lipinski definition) is 3. The van der Waals surface area contributed by atoms with Gasteiger partial charge in [-0.3, -0.25) is 4.79 Å². The van der Waals surface area contributed by atoms with E-state index >= 15 is 0 Å². The molecule has 0 aliphatic heterocycles. The fraction of sp³-hybridized carbons (Fsp3) is 0.211. The molecule has 0 aliphatic carbocycles. The minimum absolute atomic E-state index is 0.465. The summed E-state index contributed by atoms with van der Waals surface area (Å²) in [7, 11) is 0. The third-order valence-electron chi connectivity index (χ3n) is 3.54. The maximum atomic E-state index is 11.9. The summed E-state index contributed by atoms with van der Waals surface area (Å²) < 4.78 is 4.93. The van der Waals surface area contributed by atoms with Crippen LogP contribution in [0.3, 0.4) is 0 Å². The molecular weight excluding hydrogens is 370 g/mol. The molecule has 0 spiro atoms. The molecule has 0 radical (unpaired) electrons. The van der Waals surface area contributed by atoms with Crippen LogP contribution in [-0.2, 0) is 14.3 Å². The van der Waals surface area contributed by atoms with Crippen molar-refractivity contribution in [2.45, 2.75) is 19.9 Å². The zero-order chi connectivity index (χ0) is 19.8. The Morgan fingerprint density at radius 3 is 2.44 bits per heavy atom. The van der Waals surface area contributed by atoms with Crippen LogP contribution in [0.2, 0.25) is 5.02 Å². The number of para-hydroxylation sites is 1. The molecule has 1 atom stereocenters. The van der Waals surface area contributed by atoms with Gasteiger partial charge in [0.05, 0.1) is 0 Å². The van der Waals surface area contributed by atoms with Crippen LogP contribution in [0, 0.1) is 6.92 Å². The monoisotopic (exact) mass is 389 g/mol. The van der Waals surface area contributed by atoms with E-state index < -0.39 is 30.6 Å². The Morgan fingerprint density at radius 2 is 1.78 bits per heavy atom. The number of ether oxygens (including phenoxy) is 1. The van der Waals surface area contributed by atoms with Gasteiger partial charge in [0, 0.05) is 16.4 Å². The SMILES string of the molecule is Cc1cc(Cl)ccc1NC(=O)COC(=O)[C@H](C)NC(=O)Nc1ccccc1. The number of anilines is 2. The van der Waals surface area contributed by atoms with Crippen molar-refractivity contribution < 1.29 is 19.1 Å². The summed E-state index contributed by atoms with van der Waals surface area (Å²) in [6.45, 7) is 2.80. The van der Waals surface area contributed by atoms with E-state index in [0.29, 0.717) is 16.4 Å². The summed E-state index contributed by atoms with van der Waals surface area (Å²) in [4.78, 5) is 35.7. The molecule has 3 N–H and O–H groups in total. The fourth-order valence-corrected chi connectivity index (χ4v) is 2.39. The van der Waals surface area contributed by atoms with Gasteiger partial charge in [-0.2, -0.15) is 0 Å². The molecule has 0 bridgehead atoms. The normalized spacial score (nSPS) is 11.2. The molecule has 7 nitrogen and oxygen atoms in total. The predicted octanol–water partition coefficient (Wildman–Crippen LogP) is 3.34. The first-order chi connectivity index (χ1) is 12.8. The number of esters is 1. The predicted molar refractivity (Wildman–Crippen MR) is 104 cm³/mol. The highest BCUT2D eigenvalue weighted by Crippen LogP contribution is 2.19. The standard InChI is InChI=1S/C19H20ClN3O4/c1-12-10-14(20)8-9-16(12)23-17(24)11-27-18(25)13(2)21-19(26)22-15-6-4-3-5-7-15/h3-10,13H,11H2,1-2H3,(H,23,24)(H2,21,22,26)/t13-/m0/s1. The topological polar surface area (TPSA) is 96.5 Å². The molecule has 0 unspecified atom stereocenters. The van der Waals surface area contributed by atoms with Gasteiger partial charge in [0.2, 0.25) is 0 Å². The number of rotatable bonds is 6. The van der Waals surface area contributed by atoms with Gasteiger partial charge in [0.1, 0.15) is 6.04 Å². The van der Waals surface area contributed by atoms with Crippen LogP contribution < -0.4 is 16.0 Å². The lowest BCUT2D eigenvalue weighted by atomic mass is 10.2. The van der Waals surface area contributed by atoms with E-state index in [4.69, 9.17) is 16.3 Å². The lowest BCUT2D eigenvalue weighted by molar-refractivity contribution is -0.148. The molecule has 0 aromatic heterocycles. The molecule has 0 fully saturated rings. The molecule has 0 aliphatic rings. The molecule has 27 heavy (non-hydrogen) atoms. The van der Waals surface area contributed by atoms with E-state index in [-0.39, 0.29) is 0 Å². The van der Waals surface area contributed by atoms with Crippen LogP contribution in [0.25, 0.3) is 0 Å². The van der Waals surface area contributed by atoms with E-state index in [1.165, 1.54) is 6.92 Å². The van der Waals surface area contributed by atoms with Crippen LogP contribution in [0.15, 0.2) is 48.5 Å². The zero-order valence-electron chi connectivity index (χ0n) is 14.9. The summed E-state index contributed by atoms with van der Waals surface area (Å²) >= 11 is 5.86. The van der Waals surface area contributed by atoms with Crippen molar-refractivity contribution in [1.29, 1.82) is 0 Å². The smallest absolute Gasteiger partial charge is 0.328 e. The van der Waals surface area contributed by atoms with Crippen LogP contribution in [-0.4, -0.2) is 30.6 Å². The Hall–Kier alpha value is -3.06. The molecule has 0 saturated carbocycles. The highest BCUT2D eigenvalue weighted by Gasteiger charge is 2.18. The number of aryl methyl sites for hydroxylation is 1. The number of urea groups is 1. The number of halogens is 1. The third-order valence-corrected chi connectivity index (χ3v) is 3.78. The van der Waals surface area contributed by atoms with Gasteiger partial charge < -0.3 is 20.7 Å². The average Bonchev–Trinajstić information content (AvgIpc) is 2.62. The molecule has 2 aromatic carbocycles. The van der Waals surface area contributed by atoms with Crippen molar-refractivity contribution in [2.75, 3.05) is 17.2 Å². The van der Waals surface area contributed by atoms with E-state index in [9.17, 15) is 14.4 Å². The van der Waals surface area contributed by atoms with Crippen molar-refractivity contribution >= 4 is 40.9 Å². The number of carbonyl (C=O) groups excluding carboxylic acids is 3. The minimum Gasteiger partial charge on any atom is -0.454 e. The van der Waals surface area contributed by atoms with Crippen molar-refractivity contribution in [3.05, 3.63) is 59.1 Å². The average molecular weight is 390 g/mol. The Kier molecular flexibility index (Phi) is 7.19. The summed E-state index contributed by atoms with van der Waals surface area (Å²) in [6, 6.07) is 12.3. The van der Waals surface area contributed by atoms with E-state index in [1.807, 2.05) is 6.07 Å². The molecule has 3 amide bonds. The van der Waals surface area contributed by atoms with E-state index in [1.54, 1.807) is 49.4 Å². The fourth-order valence-electron chi connectivity index (χ4n) is 2.16. The summed E-state index contributed by atoms with van der Waals surface area (Å²) in [6.07, 6.45) is 0. The number of carbonyl (C=O) groups is 3.